The Kier molecular flexibility index (Phi) is 24.2. The molecule has 3 aromatic heterocycles. The summed E-state index contributed by atoms with van der Waals surface area (Å²) in [6, 6.07) is 12.6. The van der Waals surface area contributed by atoms with Crippen LogP contribution in [-0.2, 0) is 78.4 Å². The zero-order valence-electron chi connectivity index (χ0n) is 49.1. The number of carbonyl (C=O) groups is 11. The number of carbonyl (C=O) groups excluding carboxylic acids is 11. The van der Waals surface area contributed by atoms with Crippen molar-refractivity contribution < 1.29 is 52.7 Å². The molecule has 0 unspecified atom stereocenters. The second-order valence-electron chi connectivity index (χ2n) is 22.1. The topological polar surface area (TPSA) is 434 Å². The van der Waals surface area contributed by atoms with Crippen LogP contribution in [-0.4, -0.2) is 146 Å². The van der Waals surface area contributed by atoms with Crippen LogP contribution in [0.2, 0.25) is 0 Å². The molecule has 0 aliphatic heterocycles. The number of nitrogens with one attached hydrogen (secondary N) is 12. The van der Waals surface area contributed by atoms with Crippen molar-refractivity contribution in [1.82, 2.24) is 67.8 Å². The van der Waals surface area contributed by atoms with Crippen LogP contribution >= 0.6 is 0 Å². The number of amides is 11. The number of hydrogen-bond donors (Lipinski definition) is 15. The third-order valence-electron chi connectivity index (χ3n) is 14.1. The predicted octanol–water partition coefficient (Wildman–Crippen LogP) is -0.931. The molecule has 0 saturated heterocycles. The van der Waals surface area contributed by atoms with E-state index >= 15 is 0 Å². The number of rotatable bonds is 33. The number of nitrogens with two attached hydrogens (primary N) is 3. The van der Waals surface area contributed by atoms with Gasteiger partial charge in [-0.1, -0.05) is 94.4 Å². The molecule has 0 bridgehead atoms. The molecule has 0 fully saturated rings. The van der Waals surface area contributed by atoms with Crippen molar-refractivity contribution in [3.63, 3.8) is 0 Å². The lowest BCUT2D eigenvalue weighted by Crippen LogP contribution is -2.60. The summed E-state index contributed by atoms with van der Waals surface area (Å²) in [6.45, 7) is 7.59. The van der Waals surface area contributed by atoms with Crippen LogP contribution < -0.4 is 65.1 Å². The molecule has 87 heavy (non-hydrogen) atoms. The fourth-order valence-corrected chi connectivity index (χ4v) is 9.73. The number of imidazole rings is 1. The van der Waals surface area contributed by atoms with Gasteiger partial charge in [0.1, 0.15) is 48.3 Å². The first-order valence-corrected chi connectivity index (χ1v) is 28.6. The van der Waals surface area contributed by atoms with E-state index in [4.69, 9.17) is 17.2 Å². The maximum Gasteiger partial charge on any atom is 0.243 e. The summed E-state index contributed by atoms with van der Waals surface area (Å²) in [5.74, 6) is -9.07. The summed E-state index contributed by atoms with van der Waals surface area (Å²) in [7, 11) is 0. The lowest BCUT2D eigenvalue weighted by Gasteiger charge is -2.26. The van der Waals surface area contributed by atoms with E-state index in [1.807, 2.05) is 70.2 Å². The smallest absolute Gasteiger partial charge is 0.243 e. The first-order chi connectivity index (χ1) is 41.5. The minimum atomic E-state index is -1.51. The van der Waals surface area contributed by atoms with E-state index < -0.39 is 133 Å². The van der Waals surface area contributed by atoms with E-state index in [1.54, 1.807) is 48.8 Å². The number of benzene rings is 3. The number of fused-ring (bicyclic) bond motifs is 2. The van der Waals surface area contributed by atoms with Crippen molar-refractivity contribution in [1.29, 1.82) is 0 Å². The van der Waals surface area contributed by atoms with Gasteiger partial charge in [-0.05, 0) is 60.4 Å². The second-order valence-corrected chi connectivity index (χ2v) is 22.1. The Morgan fingerprint density at radius 3 is 1.47 bits per heavy atom. The molecule has 8 atom stereocenters. The molecule has 0 aliphatic carbocycles. The zero-order valence-corrected chi connectivity index (χ0v) is 49.1. The Balaban J connectivity index is 1.20. The van der Waals surface area contributed by atoms with Crippen LogP contribution in [0.15, 0.2) is 104 Å². The quantitative estimate of drug-likeness (QED) is 0.0237. The van der Waals surface area contributed by atoms with E-state index in [2.05, 4.69) is 67.8 Å². The Hall–Kier alpha value is -9.92. The van der Waals surface area contributed by atoms with E-state index in [9.17, 15) is 52.7 Å². The number of nitrogens with zero attached hydrogens (tertiary/aromatic N) is 1. The number of primary amides is 2. The molecular weight excluding hydrogens is 1120 g/mol. The SMILES string of the molecule is CC(C)C[C@H](NC(=O)[C@H](CC(C)C)NC(=O)[C@@H](Cc1c[nH]c2ccccc12)NC(=O)CNC(=O)[C@@H](Cc1c[nH]c2ccccc12)NC(=O)[C@H](C)NC(=O)[C@@H](Cc1ccccc1)NC(=O)[C@H](Cc1cnc[nH]1)NC(=O)[C@H](CC(N)=O)NC(=O)CN)C(N)=O. The molecule has 3 heterocycles. The highest BCUT2D eigenvalue weighted by Gasteiger charge is 2.35. The Labute approximate surface area is 501 Å². The molecule has 6 rings (SSSR count). The fraction of sp³-hybridized carbons (Fsp3) is 0.400. The molecule has 11 amide bonds. The molecule has 0 radical (unpaired) electrons. The van der Waals surface area contributed by atoms with Crippen LogP contribution in [0.5, 0.6) is 0 Å². The number of aromatic nitrogens is 4. The highest BCUT2D eigenvalue weighted by molar-refractivity contribution is 5.99. The lowest BCUT2D eigenvalue weighted by molar-refractivity contribution is -0.135. The zero-order chi connectivity index (χ0) is 63.3. The Morgan fingerprint density at radius 1 is 0.471 bits per heavy atom. The number of H-pyrrole nitrogens is 3. The van der Waals surface area contributed by atoms with Crippen molar-refractivity contribution >= 4 is 86.8 Å². The van der Waals surface area contributed by atoms with Crippen LogP contribution in [0.25, 0.3) is 21.8 Å². The van der Waals surface area contributed by atoms with Gasteiger partial charge < -0.3 is 80.0 Å². The van der Waals surface area contributed by atoms with Gasteiger partial charge in [0.2, 0.25) is 65.0 Å². The maximum absolute atomic E-state index is 14.4. The van der Waals surface area contributed by atoms with E-state index in [-0.39, 0.29) is 50.4 Å². The van der Waals surface area contributed by atoms with Gasteiger partial charge >= 0.3 is 0 Å². The fourth-order valence-electron chi connectivity index (χ4n) is 9.73. The van der Waals surface area contributed by atoms with Crippen molar-refractivity contribution in [3.8, 4) is 0 Å². The average Bonchev–Trinajstić information content (AvgIpc) is 2.36. The highest BCUT2D eigenvalue weighted by Crippen LogP contribution is 2.21. The van der Waals surface area contributed by atoms with Crippen LogP contribution in [0.4, 0.5) is 0 Å². The molecule has 0 saturated carbocycles. The second kappa shape index (κ2) is 31.8. The first kappa shape index (κ1) is 66.2. The Bertz CT molecular complexity index is 3380. The van der Waals surface area contributed by atoms with Crippen molar-refractivity contribution in [3.05, 3.63) is 126 Å². The molecule has 27 heteroatoms. The lowest BCUT2D eigenvalue weighted by atomic mass is 9.99. The van der Waals surface area contributed by atoms with E-state index in [0.29, 0.717) is 22.4 Å². The van der Waals surface area contributed by atoms with Crippen molar-refractivity contribution in [2.24, 2.45) is 29.0 Å². The van der Waals surface area contributed by atoms with Gasteiger partial charge in [-0.2, -0.15) is 0 Å². The Morgan fingerprint density at radius 2 is 0.931 bits per heavy atom. The highest BCUT2D eigenvalue weighted by atomic mass is 16.2. The van der Waals surface area contributed by atoms with Gasteiger partial charge in [0.15, 0.2) is 0 Å². The van der Waals surface area contributed by atoms with Crippen molar-refractivity contribution in [2.45, 2.75) is 128 Å². The monoisotopic (exact) mass is 1200 g/mol. The van der Waals surface area contributed by atoms with Gasteiger partial charge in [-0.15, -0.1) is 0 Å². The summed E-state index contributed by atoms with van der Waals surface area (Å²) in [6.07, 6.45) is 5.42. The summed E-state index contributed by atoms with van der Waals surface area (Å²) >= 11 is 0. The summed E-state index contributed by atoms with van der Waals surface area (Å²) in [5.41, 5.74) is 20.2. The van der Waals surface area contributed by atoms with E-state index in [1.165, 1.54) is 19.4 Å². The number of aromatic amines is 3. The van der Waals surface area contributed by atoms with Gasteiger partial charge in [0, 0.05) is 71.8 Å². The summed E-state index contributed by atoms with van der Waals surface area (Å²) < 4.78 is 0. The van der Waals surface area contributed by atoms with Gasteiger partial charge in [0.25, 0.3) is 0 Å². The number of para-hydroxylation sites is 2. The van der Waals surface area contributed by atoms with Crippen LogP contribution in [0.3, 0.4) is 0 Å². The normalized spacial score (nSPS) is 14.0. The molecule has 3 aromatic carbocycles. The standard InChI is InChI=1S/C60H78N16O11/c1-32(2)19-43(53(63)80)72-57(84)44(20-33(3)4)74-58(85)47(23-37-28-66-42-18-12-10-16-40(37)42)71-52(79)30-67-55(82)46(22-36-27-65-41-17-11-9-15-39(36)41)73-54(81)34(5)69-56(83)45(21-35-13-7-6-8-14-35)75-59(86)48(24-38-29-64-31-68-38)76-60(87)49(25-50(62)77)70-51(78)26-61/h6-18,27-29,31-34,43-49,65-66H,19-26,30,61H2,1-5H3,(H2,62,77)(H2,63,80)(H,64,68)(H,67,82)(H,69,83)(H,70,78)(H,71,79)(H,72,84)(H,73,81)(H,74,85)(H,75,86)(H,76,87)/t34-,43-,44-,45+,46+,47+,48-,49-/m0/s1. The third-order valence-corrected chi connectivity index (χ3v) is 14.1. The molecular formula is C60H78N16O11. The average molecular weight is 1200 g/mol. The van der Waals surface area contributed by atoms with E-state index in [0.717, 1.165) is 21.8 Å². The minimum Gasteiger partial charge on any atom is -0.370 e. The molecule has 6 aromatic rings. The summed E-state index contributed by atoms with van der Waals surface area (Å²) in [4.78, 5) is 163. The predicted molar refractivity (Wildman–Crippen MR) is 322 cm³/mol. The molecule has 0 aliphatic rings. The molecule has 0 spiro atoms. The minimum absolute atomic E-state index is 0.00462. The van der Waals surface area contributed by atoms with Crippen molar-refractivity contribution in [2.75, 3.05) is 13.1 Å². The largest absolute Gasteiger partial charge is 0.370 e. The molecule has 464 valence electrons. The van der Waals surface area contributed by atoms with Gasteiger partial charge in [-0.25, -0.2) is 4.98 Å². The third kappa shape index (κ3) is 20.1. The maximum atomic E-state index is 14.4. The number of hydrogen-bond acceptors (Lipinski definition) is 13. The van der Waals surface area contributed by atoms with Gasteiger partial charge in [0.05, 0.1) is 25.8 Å². The molecule has 18 N–H and O–H groups in total. The van der Waals surface area contributed by atoms with Crippen LogP contribution in [0.1, 0.15) is 76.3 Å². The van der Waals surface area contributed by atoms with Crippen LogP contribution in [0, 0.1) is 11.8 Å². The molecule has 27 nitrogen and oxygen atoms in total. The summed E-state index contributed by atoms with van der Waals surface area (Å²) in [5, 5.41) is 25.1. The first-order valence-electron chi connectivity index (χ1n) is 28.6. The van der Waals surface area contributed by atoms with Gasteiger partial charge in [-0.3, -0.25) is 52.7 Å².